The monoisotopic (exact) mass is 319 g/mol. The number of aromatic hydroxyl groups is 1. The van der Waals surface area contributed by atoms with Crippen molar-refractivity contribution in [2.24, 2.45) is 0 Å². The van der Waals surface area contributed by atoms with Crippen LogP contribution in [0.1, 0.15) is 29.7 Å². The highest BCUT2D eigenvalue weighted by Gasteiger charge is 2.10. The third-order valence-electron chi connectivity index (χ3n) is 3.37. The second kappa shape index (κ2) is 5.66. The molecule has 0 aromatic heterocycles. The molecular weight excluding hydrogens is 302 g/mol. The maximum atomic E-state index is 9.96. The lowest BCUT2D eigenvalue weighted by atomic mass is 10.1. The number of hydrogen-bond acceptors (Lipinski definition) is 2. The molecule has 0 saturated heterocycles. The van der Waals surface area contributed by atoms with E-state index in [1.165, 1.54) is 5.56 Å². The molecule has 3 heteroatoms. The van der Waals surface area contributed by atoms with Crippen LogP contribution in [-0.2, 0) is 0 Å². The summed E-state index contributed by atoms with van der Waals surface area (Å²) in [6.45, 7) is 5.95. The van der Waals surface area contributed by atoms with E-state index in [9.17, 15) is 5.11 Å². The zero-order valence-electron chi connectivity index (χ0n) is 11.4. The summed E-state index contributed by atoms with van der Waals surface area (Å²) in [4.78, 5) is 0. The van der Waals surface area contributed by atoms with Crippen LogP contribution in [0.5, 0.6) is 5.75 Å². The standard InChI is InChI=1S/C16H18BrNO/c1-10-4-9-15(11(2)16(10)19)18-12(3)13-5-7-14(17)8-6-13/h4-9,12,18-19H,1-3H3. The Morgan fingerprint density at radius 3 is 2.32 bits per heavy atom. The molecule has 1 unspecified atom stereocenters. The van der Waals surface area contributed by atoms with Crippen molar-refractivity contribution < 1.29 is 5.11 Å². The first-order chi connectivity index (χ1) is 8.99. The first-order valence-electron chi connectivity index (χ1n) is 6.30. The van der Waals surface area contributed by atoms with Gasteiger partial charge in [-0.1, -0.05) is 34.1 Å². The quantitative estimate of drug-likeness (QED) is 0.839. The molecule has 2 nitrogen and oxygen atoms in total. The number of aryl methyl sites for hydroxylation is 1. The minimum absolute atomic E-state index is 0.189. The summed E-state index contributed by atoms with van der Waals surface area (Å²) in [7, 11) is 0. The van der Waals surface area contributed by atoms with Gasteiger partial charge in [0.1, 0.15) is 5.75 Å². The molecular formula is C16H18BrNO. The van der Waals surface area contributed by atoms with Gasteiger partial charge in [-0.15, -0.1) is 0 Å². The number of halogens is 1. The van der Waals surface area contributed by atoms with E-state index in [2.05, 4.69) is 40.3 Å². The van der Waals surface area contributed by atoms with Crippen molar-refractivity contribution in [1.29, 1.82) is 0 Å². The van der Waals surface area contributed by atoms with Gasteiger partial charge < -0.3 is 10.4 Å². The van der Waals surface area contributed by atoms with E-state index >= 15 is 0 Å². The maximum absolute atomic E-state index is 9.96. The normalized spacial score (nSPS) is 12.2. The van der Waals surface area contributed by atoms with Crippen molar-refractivity contribution >= 4 is 21.6 Å². The molecule has 2 rings (SSSR count). The molecule has 0 saturated carbocycles. The van der Waals surface area contributed by atoms with E-state index in [1.807, 2.05) is 38.1 Å². The number of phenols is 1. The van der Waals surface area contributed by atoms with Crippen LogP contribution in [0.25, 0.3) is 0 Å². The van der Waals surface area contributed by atoms with Gasteiger partial charge in [-0.2, -0.15) is 0 Å². The van der Waals surface area contributed by atoms with Crippen LogP contribution < -0.4 is 5.32 Å². The number of rotatable bonds is 3. The lowest BCUT2D eigenvalue weighted by Gasteiger charge is -2.18. The number of benzene rings is 2. The third-order valence-corrected chi connectivity index (χ3v) is 3.90. The van der Waals surface area contributed by atoms with Crippen LogP contribution in [-0.4, -0.2) is 5.11 Å². The third kappa shape index (κ3) is 3.10. The molecule has 0 aliphatic heterocycles. The molecule has 1 atom stereocenters. The minimum atomic E-state index is 0.189. The molecule has 0 aliphatic rings. The van der Waals surface area contributed by atoms with Crippen molar-refractivity contribution in [1.82, 2.24) is 0 Å². The Morgan fingerprint density at radius 2 is 1.68 bits per heavy atom. The molecule has 100 valence electrons. The van der Waals surface area contributed by atoms with Gasteiger partial charge in [0, 0.05) is 21.8 Å². The Labute approximate surface area is 122 Å². The molecule has 2 aromatic carbocycles. The van der Waals surface area contributed by atoms with E-state index in [0.29, 0.717) is 5.75 Å². The van der Waals surface area contributed by atoms with Gasteiger partial charge >= 0.3 is 0 Å². The number of hydrogen-bond donors (Lipinski definition) is 2. The van der Waals surface area contributed by atoms with E-state index in [0.717, 1.165) is 21.3 Å². The Bertz CT molecular complexity index is 578. The fourth-order valence-electron chi connectivity index (χ4n) is 2.06. The number of nitrogens with one attached hydrogen (secondary N) is 1. The van der Waals surface area contributed by atoms with Crippen molar-refractivity contribution in [3.63, 3.8) is 0 Å². The zero-order chi connectivity index (χ0) is 14.0. The molecule has 0 aliphatic carbocycles. The number of anilines is 1. The predicted octanol–water partition coefficient (Wildman–Crippen LogP) is 4.94. The summed E-state index contributed by atoms with van der Waals surface area (Å²) >= 11 is 3.44. The topological polar surface area (TPSA) is 32.3 Å². The summed E-state index contributed by atoms with van der Waals surface area (Å²) in [5.41, 5.74) is 3.98. The Morgan fingerprint density at radius 1 is 1.05 bits per heavy atom. The van der Waals surface area contributed by atoms with Gasteiger partial charge in [-0.25, -0.2) is 0 Å². The van der Waals surface area contributed by atoms with Crippen molar-refractivity contribution in [3.8, 4) is 5.75 Å². The van der Waals surface area contributed by atoms with Gasteiger partial charge in [0.2, 0.25) is 0 Å². The summed E-state index contributed by atoms with van der Waals surface area (Å²) in [6.07, 6.45) is 0. The Hall–Kier alpha value is -1.48. The molecule has 0 heterocycles. The van der Waals surface area contributed by atoms with Gasteiger partial charge in [-0.3, -0.25) is 0 Å². The van der Waals surface area contributed by atoms with Crippen LogP contribution in [0.4, 0.5) is 5.69 Å². The largest absolute Gasteiger partial charge is 0.507 e. The molecule has 0 amide bonds. The highest BCUT2D eigenvalue weighted by Crippen LogP contribution is 2.30. The van der Waals surface area contributed by atoms with Crippen LogP contribution >= 0.6 is 15.9 Å². The maximum Gasteiger partial charge on any atom is 0.123 e. The molecule has 19 heavy (non-hydrogen) atoms. The lowest BCUT2D eigenvalue weighted by Crippen LogP contribution is -2.07. The molecule has 0 bridgehead atoms. The Balaban J connectivity index is 2.21. The predicted molar refractivity (Wildman–Crippen MR) is 83.8 cm³/mol. The highest BCUT2D eigenvalue weighted by molar-refractivity contribution is 9.10. The van der Waals surface area contributed by atoms with Gasteiger partial charge in [0.05, 0.1) is 0 Å². The molecule has 2 aromatic rings. The van der Waals surface area contributed by atoms with Crippen LogP contribution in [0, 0.1) is 13.8 Å². The van der Waals surface area contributed by atoms with E-state index in [1.54, 1.807) is 0 Å². The second-order valence-corrected chi connectivity index (χ2v) is 5.74. The van der Waals surface area contributed by atoms with Gasteiger partial charge in [0.15, 0.2) is 0 Å². The molecule has 0 spiro atoms. The van der Waals surface area contributed by atoms with Crippen molar-refractivity contribution in [2.75, 3.05) is 5.32 Å². The van der Waals surface area contributed by atoms with E-state index in [-0.39, 0.29) is 6.04 Å². The van der Waals surface area contributed by atoms with Gasteiger partial charge in [0.25, 0.3) is 0 Å². The fraction of sp³-hybridized carbons (Fsp3) is 0.250. The number of phenolic OH excluding ortho intramolecular Hbond substituents is 1. The smallest absolute Gasteiger partial charge is 0.123 e. The average molecular weight is 320 g/mol. The fourth-order valence-corrected chi connectivity index (χ4v) is 2.32. The summed E-state index contributed by atoms with van der Waals surface area (Å²) in [5.74, 6) is 0.369. The SMILES string of the molecule is Cc1ccc(NC(C)c2ccc(Br)cc2)c(C)c1O. The highest BCUT2D eigenvalue weighted by atomic mass is 79.9. The summed E-state index contributed by atoms with van der Waals surface area (Å²) < 4.78 is 1.08. The van der Waals surface area contributed by atoms with Crippen LogP contribution in [0.2, 0.25) is 0 Å². The molecule has 2 N–H and O–H groups in total. The van der Waals surface area contributed by atoms with Crippen LogP contribution in [0.15, 0.2) is 40.9 Å². The average Bonchev–Trinajstić information content (AvgIpc) is 2.40. The van der Waals surface area contributed by atoms with Crippen LogP contribution in [0.3, 0.4) is 0 Å². The Kier molecular flexibility index (Phi) is 4.15. The molecule has 0 fully saturated rings. The van der Waals surface area contributed by atoms with Crippen molar-refractivity contribution in [2.45, 2.75) is 26.8 Å². The van der Waals surface area contributed by atoms with Gasteiger partial charge in [-0.05, 0) is 50.1 Å². The second-order valence-electron chi connectivity index (χ2n) is 4.82. The molecule has 0 radical (unpaired) electrons. The summed E-state index contributed by atoms with van der Waals surface area (Å²) in [5, 5.41) is 13.4. The first-order valence-corrected chi connectivity index (χ1v) is 7.09. The zero-order valence-corrected chi connectivity index (χ0v) is 13.0. The van der Waals surface area contributed by atoms with E-state index in [4.69, 9.17) is 0 Å². The minimum Gasteiger partial charge on any atom is -0.507 e. The first kappa shape index (κ1) is 13.9. The van der Waals surface area contributed by atoms with Crippen molar-refractivity contribution in [3.05, 3.63) is 57.6 Å². The lowest BCUT2D eigenvalue weighted by molar-refractivity contribution is 0.467. The summed E-state index contributed by atoms with van der Waals surface area (Å²) in [6, 6.07) is 12.4. The van der Waals surface area contributed by atoms with E-state index < -0.39 is 0 Å².